The number of nitrogens with zero attached hydrogens (tertiary/aromatic N) is 3. The van der Waals surface area contributed by atoms with Crippen molar-refractivity contribution in [3.63, 3.8) is 0 Å². The van der Waals surface area contributed by atoms with Gasteiger partial charge in [0, 0.05) is 32.3 Å². The Kier molecular flexibility index (Phi) is 6.51. The van der Waals surface area contributed by atoms with Crippen LogP contribution in [-0.2, 0) is 22.6 Å². The van der Waals surface area contributed by atoms with Crippen LogP contribution < -0.4 is 5.32 Å². The zero-order valence-corrected chi connectivity index (χ0v) is 14.2. The molecule has 8 nitrogen and oxygen atoms in total. The molecule has 0 saturated heterocycles. The molecule has 0 aliphatic carbocycles. The predicted molar refractivity (Wildman–Crippen MR) is 85.4 cm³/mol. The van der Waals surface area contributed by atoms with Crippen molar-refractivity contribution in [3.8, 4) is 0 Å². The SMILES string of the molecule is COCCN(Cc1ccc(C)o1)C(=O)Nc1nc(COC)ns1. The van der Waals surface area contributed by atoms with Crippen LogP contribution in [0.4, 0.5) is 9.93 Å². The molecule has 2 aromatic heterocycles. The van der Waals surface area contributed by atoms with Gasteiger partial charge in [0.2, 0.25) is 5.13 Å². The van der Waals surface area contributed by atoms with E-state index >= 15 is 0 Å². The van der Waals surface area contributed by atoms with E-state index in [0.29, 0.717) is 43.0 Å². The number of furan rings is 1. The molecule has 9 heteroatoms. The minimum absolute atomic E-state index is 0.281. The number of ether oxygens (including phenoxy) is 2. The summed E-state index contributed by atoms with van der Waals surface area (Å²) < 4.78 is 19.6. The smallest absolute Gasteiger partial charge is 0.324 e. The number of hydrogen-bond donors (Lipinski definition) is 1. The summed E-state index contributed by atoms with van der Waals surface area (Å²) in [5, 5.41) is 3.17. The highest BCUT2D eigenvalue weighted by Gasteiger charge is 2.17. The zero-order chi connectivity index (χ0) is 16.7. The van der Waals surface area contributed by atoms with Crippen molar-refractivity contribution in [2.24, 2.45) is 0 Å². The Balaban J connectivity index is 1.99. The van der Waals surface area contributed by atoms with Crippen molar-refractivity contribution in [2.45, 2.75) is 20.1 Å². The van der Waals surface area contributed by atoms with E-state index in [-0.39, 0.29) is 6.03 Å². The predicted octanol–water partition coefficient (Wildman–Crippen LogP) is 2.27. The summed E-state index contributed by atoms with van der Waals surface area (Å²) >= 11 is 1.12. The highest BCUT2D eigenvalue weighted by Crippen LogP contribution is 2.14. The summed E-state index contributed by atoms with van der Waals surface area (Å²) in [6.45, 7) is 3.39. The zero-order valence-electron chi connectivity index (χ0n) is 13.4. The Morgan fingerprint density at radius 2 is 2.22 bits per heavy atom. The molecule has 2 heterocycles. The van der Waals surface area contributed by atoms with E-state index in [1.54, 1.807) is 19.1 Å². The molecule has 23 heavy (non-hydrogen) atoms. The fourth-order valence-electron chi connectivity index (χ4n) is 1.88. The third kappa shape index (κ3) is 5.31. The van der Waals surface area contributed by atoms with Gasteiger partial charge in [-0.3, -0.25) is 5.32 Å². The summed E-state index contributed by atoms with van der Waals surface area (Å²) in [6.07, 6.45) is 0. The van der Waals surface area contributed by atoms with Crippen molar-refractivity contribution in [1.82, 2.24) is 14.3 Å². The monoisotopic (exact) mass is 340 g/mol. The normalized spacial score (nSPS) is 10.7. The lowest BCUT2D eigenvalue weighted by atomic mass is 10.4. The highest BCUT2D eigenvalue weighted by molar-refractivity contribution is 7.09. The van der Waals surface area contributed by atoms with E-state index in [1.807, 2.05) is 19.1 Å². The Bertz CT molecular complexity index is 628. The molecule has 0 saturated carbocycles. The molecule has 0 radical (unpaired) electrons. The second kappa shape index (κ2) is 8.61. The summed E-state index contributed by atoms with van der Waals surface area (Å²) in [7, 11) is 3.16. The van der Waals surface area contributed by atoms with Crippen LogP contribution in [0.1, 0.15) is 17.3 Å². The minimum Gasteiger partial charge on any atom is -0.464 e. The molecule has 126 valence electrons. The Labute approximate surface area is 138 Å². The molecule has 0 aliphatic rings. The number of aromatic nitrogens is 2. The lowest BCUT2D eigenvalue weighted by Gasteiger charge is -2.20. The van der Waals surface area contributed by atoms with Gasteiger partial charge in [0.15, 0.2) is 5.82 Å². The van der Waals surface area contributed by atoms with Crippen molar-refractivity contribution >= 4 is 22.7 Å². The summed E-state index contributed by atoms with van der Waals surface area (Å²) in [5.74, 6) is 2.06. The maximum Gasteiger partial charge on any atom is 0.324 e. The maximum atomic E-state index is 12.4. The van der Waals surface area contributed by atoms with Gasteiger partial charge in [-0.1, -0.05) is 0 Å². The van der Waals surface area contributed by atoms with E-state index in [0.717, 1.165) is 17.3 Å². The van der Waals surface area contributed by atoms with Crippen molar-refractivity contribution in [2.75, 3.05) is 32.7 Å². The first-order valence-electron chi connectivity index (χ1n) is 7.04. The molecule has 2 aromatic rings. The molecule has 0 atom stereocenters. The highest BCUT2D eigenvalue weighted by atomic mass is 32.1. The quantitative estimate of drug-likeness (QED) is 0.793. The first kappa shape index (κ1) is 17.4. The average molecular weight is 340 g/mol. The Hall–Kier alpha value is -1.97. The number of aryl methyl sites for hydroxylation is 1. The molecule has 0 unspecified atom stereocenters. The number of rotatable bonds is 8. The first-order valence-corrected chi connectivity index (χ1v) is 7.81. The number of hydrogen-bond acceptors (Lipinski definition) is 7. The van der Waals surface area contributed by atoms with Gasteiger partial charge in [0.25, 0.3) is 0 Å². The van der Waals surface area contributed by atoms with Gasteiger partial charge in [0.1, 0.15) is 18.1 Å². The van der Waals surface area contributed by atoms with Crippen LogP contribution in [0.5, 0.6) is 0 Å². The van der Waals surface area contributed by atoms with E-state index in [2.05, 4.69) is 14.7 Å². The lowest BCUT2D eigenvalue weighted by molar-refractivity contribution is 0.149. The van der Waals surface area contributed by atoms with E-state index in [4.69, 9.17) is 13.9 Å². The fourth-order valence-corrected chi connectivity index (χ4v) is 2.44. The van der Waals surface area contributed by atoms with Gasteiger partial charge in [-0.15, -0.1) is 0 Å². The van der Waals surface area contributed by atoms with Gasteiger partial charge < -0.3 is 18.8 Å². The lowest BCUT2D eigenvalue weighted by Crippen LogP contribution is -2.36. The van der Waals surface area contributed by atoms with Gasteiger partial charge >= 0.3 is 6.03 Å². The van der Waals surface area contributed by atoms with Crippen LogP contribution >= 0.6 is 11.5 Å². The van der Waals surface area contributed by atoms with Gasteiger partial charge in [-0.05, 0) is 19.1 Å². The molecular formula is C14H20N4O4S. The molecule has 0 aromatic carbocycles. The average Bonchev–Trinajstić information content (AvgIpc) is 3.13. The molecule has 0 fully saturated rings. The minimum atomic E-state index is -0.281. The number of amides is 2. The van der Waals surface area contributed by atoms with Crippen molar-refractivity contribution in [3.05, 3.63) is 29.5 Å². The van der Waals surface area contributed by atoms with E-state index < -0.39 is 0 Å². The summed E-state index contributed by atoms with van der Waals surface area (Å²) in [4.78, 5) is 18.2. The number of urea groups is 1. The third-order valence-corrected chi connectivity index (χ3v) is 3.62. The standard InChI is InChI=1S/C14H20N4O4S/c1-10-4-5-11(22-10)8-18(6-7-20-2)14(19)16-13-15-12(9-21-3)17-23-13/h4-5H,6-9H2,1-3H3,(H,15,16,17,19). The Morgan fingerprint density at radius 3 is 2.87 bits per heavy atom. The number of carbonyl (C=O) groups excluding carboxylic acids is 1. The number of nitrogens with one attached hydrogen (secondary N) is 1. The maximum absolute atomic E-state index is 12.4. The van der Waals surface area contributed by atoms with Crippen LogP contribution in [0.25, 0.3) is 0 Å². The molecule has 2 rings (SSSR count). The molecule has 1 N–H and O–H groups in total. The number of carbonyl (C=O) groups is 1. The summed E-state index contributed by atoms with van der Waals surface area (Å²) in [6, 6.07) is 3.43. The van der Waals surface area contributed by atoms with Crippen molar-refractivity contribution < 1.29 is 18.7 Å². The van der Waals surface area contributed by atoms with Gasteiger partial charge in [-0.25, -0.2) is 9.78 Å². The van der Waals surface area contributed by atoms with E-state index in [9.17, 15) is 4.79 Å². The topological polar surface area (TPSA) is 89.7 Å². The molecule has 0 aliphatic heterocycles. The third-order valence-electron chi connectivity index (χ3n) is 2.95. The largest absolute Gasteiger partial charge is 0.464 e. The summed E-state index contributed by atoms with van der Waals surface area (Å²) in [5.41, 5.74) is 0. The molecular weight excluding hydrogens is 320 g/mol. The number of anilines is 1. The molecule has 2 amide bonds. The fraction of sp³-hybridized carbons (Fsp3) is 0.500. The van der Waals surface area contributed by atoms with Crippen LogP contribution in [0.3, 0.4) is 0 Å². The second-order valence-electron chi connectivity index (χ2n) is 4.81. The number of methoxy groups -OCH3 is 2. The Morgan fingerprint density at radius 1 is 1.39 bits per heavy atom. The van der Waals surface area contributed by atoms with Crippen LogP contribution in [0.2, 0.25) is 0 Å². The molecule has 0 spiro atoms. The van der Waals surface area contributed by atoms with Gasteiger partial charge in [-0.2, -0.15) is 4.37 Å². The van der Waals surface area contributed by atoms with Crippen LogP contribution in [-0.4, -0.2) is 47.7 Å². The molecule has 0 bridgehead atoms. The first-order chi connectivity index (χ1) is 11.1. The van der Waals surface area contributed by atoms with Crippen LogP contribution in [0.15, 0.2) is 16.5 Å². The van der Waals surface area contributed by atoms with Crippen molar-refractivity contribution in [1.29, 1.82) is 0 Å². The second-order valence-corrected chi connectivity index (χ2v) is 5.56. The van der Waals surface area contributed by atoms with Gasteiger partial charge in [0.05, 0.1) is 13.2 Å². The van der Waals surface area contributed by atoms with E-state index in [1.165, 1.54) is 0 Å². The van der Waals surface area contributed by atoms with Crippen LogP contribution in [0, 0.1) is 6.92 Å².